The molecule has 1 fully saturated rings. The molecule has 1 aromatic rings. The van der Waals surface area contributed by atoms with Gasteiger partial charge in [0.15, 0.2) is 0 Å². The fourth-order valence-electron chi connectivity index (χ4n) is 2.60. The van der Waals surface area contributed by atoms with Crippen LogP contribution in [0, 0.1) is 0 Å². The lowest BCUT2D eigenvalue weighted by atomic mass is 10.1. The Balaban J connectivity index is 2.31. The zero-order valence-electron chi connectivity index (χ0n) is 12.3. The molecule has 0 aliphatic carbocycles. The van der Waals surface area contributed by atoms with Crippen molar-refractivity contribution in [2.75, 3.05) is 32.2 Å². The molecule has 2 rings (SSSR count). The van der Waals surface area contributed by atoms with E-state index in [9.17, 15) is 0 Å². The normalized spacial score (nSPS) is 23.3. The lowest BCUT2D eigenvalue weighted by Gasteiger charge is -2.40. The number of anilines is 1. The van der Waals surface area contributed by atoms with Gasteiger partial charge >= 0.3 is 0 Å². The molecule has 0 radical (unpaired) electrons. The Morgan fingerprint density at radius 2 is 1.84 bits per heavy atom. The first kappa shape index (κ1) is 14.0. The van der Waals surface area contributed by atoms with Gasteiger partial charge in [-0.2, -0.15) is 0 Å². The predicted molar refractivity (Wildman–Crippen MR) is 78.4 cm³/mol. The summed E-state index contributed by atoms with van der Waals surface area (Å²) in [5.41, 5.74) is 1.18. The van der Waals surface area contributed by atoms with Crippen molar-refractivity contribution in [3.8, 4) is 11.5 Å². The number of methoxy groups -OCH3 is 2. The summed E-state index contributed by atoms with van der Waals surface area (Å²) in [6.07, 6.45) is 1.12. The van der Waals surface area contributed by atoms with Crippen LogP contribution >= 0.6 is 0 Å². The number of piperazine rings is 1. The summed E-state index contributed by atoms with van der Waals surface area (Å²) in [6.45, 7) is 6.48. The molecule has 4 heteroatoms. The minimum atomic E-state index is 0.500. The van der Waals surface area contributed by atoms with Crippen LogP contribution in [-0.2, 0) is 0 Å². The number of hydrogen-bond acceptors (Lipinski definition) is 4. The maximum atomic E-state index is 5.36. The number of ether oxygens (including phenoxy) is 2. The number of nitrogens with one attached hydrogen (secondary N) is 1. The molecule has 1 aromatic carbocycles. The highest BCUT2D eigenvalue weighted by Crippen LogP contribution is 2.30. The van der Waals surface area contributed by atoms with E-state index in [2.05, 4.69) is 36.2 Å². The van der Waals surface area contributed by atoms with Crippen LogP contribution in [0.2, 0.25) is 0 Å². The highest BCUT2D eigenvalue weighted by atomic mass is 16.5. The molecule has 4 nitrogen and oxygen atoms in total. The summed E-state index contributed by atoms with van der Waals surface area (Å²) in [7, 11) is 3.38. The average molecular weight is 264 g/mol. The smallest absolute Gasteiger partial charge is 0.124 e. The van der Waals surface area contributed by atoms with Gasteiger partial charge in [0, 0.05) is 49.1 Å². The van der Waals surface area contributed by atoms with Crippen LogP contribution in [0.15, 0.2) is 18.2 Å². The van der Waals surface area contributed by atoms with Crippen molar-refractivity contribution >= 4 is 5.69 Å². The average Bonchev–Trinajstić information content (AvgIpc) is 2.46. The standard InChI is InChI=1S/C15H24N2O2/c1-5-12-9-16-11(2)10-17(12)13-6-14(18-3)8-15(7-13)19-4/h6-8,11-12,16H,5,9-10H2,1-4H3. The summed E-state index contributed by atoms with van der Waals surface area (Å²) in [4.78, 5) is 2.45. The Morgan fingerprint density at radius 1 is 1.21 bits per heavy atom. The van der Waals surface area contributed by atoms with Gasteiger partial charge in [0.1, 0.15) is 11.5 Å². The number of benzene rings is 1. The van der Waals surface area contributed by atoms with E-state index < -0.39 is 0 Å². The molecule has 1 N–H and O–H groups in total. The molecule has 0 aromatic heterocycles. The maximum absolute atomic E-state index is 5.36. The quantitative estimate of drug-likeness (QED) is 0.904. The molecule has 0 spiro atoms. The van der Waals surface area contributed by atoms with Gasteiger partial charge in [-0.1, -0.05) is 6.92 Å². The second kappa shape index (κ2) is 6.15. The molecule has 0 amide bonds. The van der Waals surface area contributed by atoms with E-state index in [0.717, 1.165) is 31.0 Å². The van der Waals surface area contributed by atoms with Gasteiger partial charge in [-0.25, -0.2) is 0 Å². The first-order valence-electron chi connectivity index (χ1n) is 6.91. The van der Waals surface area contributed by atoms with Crippen molar-refractivity contribution in [3.05, 3.63) is 18.2 Å². The third kappa shape index (κ3) is 3.13. The molecule has 2 atom stereocenters. The molecule has 1 aliphatic rings. The van der Waals surface area contributed by atoms with Crippen LogP contribution in [0.4, 0.5) is 5.69 Å². The topological polar surface area (TPSA) is 33.7 Å². The Morgan fingerprint density at radius 3 is 2.37 bits per heavy atom. The molecule has 0 saturated carbocycles. The maximum Gasteiger partial charge on any atom is 0.124 e. The van der Waals surface area contributed by atoms with Crippen LogP contribution in [-0.4, -0.2) is 39.4 Å². The van der Waals surface area contributed by atoms with E-state index in [0.29, 0.717) is 12.1 Å². The van der Waals surface area contributed by atoms with Crippen LogP contribution in [0.5, 0.6) is 11.5 Å². The lowest BCUT2D eigenvalue weighted by Crippen LogP contribution is -2.55. The van der Waals surface area contributed by atoms with E-state index in [-0.39, 0.29) is 0 Å². The number of hydrogen-bond donors (Lipinski definition) is 1. The van der Waals surface area contributed by atoms with E-state index in [1.165, 1.54) is 5.69 Å². The molecule has 1 saturated heterocycles. The second-order valence-corrected chi connectivity index (χ2v) is 5.09. The Kier molecular flexibility index (Phi) is 4.53. The molecular formula is C15H24N2O2. The summed E-state index contributed by atoms with van der Waals surface area (Å²) in [5.74, 6) is 1.69. The summed E-state index contributed by atoms with van der Waals surface area (Å²) in [5, 5.41) is 3.54. The molecule has 2 unspecified atom stereocenters. The minimum absolute atomic E-state index is 0.500. The zero-order chi connectivity index (χ0) is 13.8. The van der Waals surface area contributed by atoms with Crippen LogP contribution in [0.1, 0.15) is 20.3 Å². The Hall–Kier alpha value is -1.42. The van der Waals surface area contributed by atoms with Gasteiger partial charge < -0.3 is 19.7 Å². The van der Waals surface area contributed by atoms with Crippen LogP contribution in [0.25, 0.3) is 0 Å². The monoisotopic (exact) mass is 264 g/mol. The first-order valence-corrected chi connectivity index (χ1v) is 6.91. The fourth-order valence-corrected chi connectivity index (χ4v) is 2.60. The van der Waals surface area contributed by atoms with Gasteiger partial charge in [-0.15, -0.1) is 0 Å². The van der Waals surface area contributed by atoms with Gasteiger partial charge in [0.05, 0.1) is 14.2 Å². The molecule has 1 aliphatic heterocycles. The Labute approximate surface area is 115 Å². The zero-order valence-corrected chi connectivity index (χ0v) is 12.3. The molecular weight excluding hydrogens is 240 g/mol. The third-order valence-corrected chi connectivity index (χ3v) is 3.75. The second-order valence-electron chi connectivity index (χ2n) is 5.09. The lowest BCUT2D eigenvalue weighted by molar-refractivity contribution is 0.387. The minimum Gasteiger partial charge on any atom is -0.497 e. The van der Waals surface area contributed by atoms with Gasteiger partial charge in [0.25, 0.3) is 0 Å². The van der Waals surface area contributed by atoms with E-state index in [4.69, 9.17) is 9.47 Å². The van der Waals surface area contributed by atoms with E-state index >= 15 is 0 Å². The highest BCUT2D eigenvalue weighted by Gasteiger charge is 2.25. The molecule has 19 heavy (non-hydrogen) atoms. The molecule has 1 heterocycles. The fraction of sp³-hybridized carbons (Fsp3) is 0.600. The number of nitrogens with zero attached hydrogens (tertiary/aromatic N) is 1. The van der Waals surface area contributed by atoms with Gasteiger partial charge in [-0.3, -0.25) is 0 Å². The van der Waals surface area contributed by atoms with Crippen molar-refractivity contribution in [1.82, 2.24) is 5.32 Å². The largest absolute Gasteiger partial charge is 0.497 e. The first-order chi connectivity index (χ1) is 9.17. The molecule has 106 valence electrons. The van der Waals surface area contributed by atoms with E-state index in [1.807, 2.05) is 6.07 Å². The third-order valence-electron chi connectivity index (χ3n) is 3.75. The van der Waals surface area contributed by atoms with Crippen molar-refractivity contribution in [2.24, 2.45) is 0 Å². The highest BCUT2D eigenvalue weighted by molar-refractivity contribution is 5.56. The SMILES string of the molecule is CCC1CNC(C)CN1c1cc(OC)cc(OC)c1. The van der Waals surface area contributed by atoms with Crippen molar-refractivity contribution in [1.29, 1.82) is 0 Å². The van der Waals surface area contributed by atoms with Crippen LogP contribution < -0.4 is 19.7 Å². The molecule has 0 bridgehead atoms. The van der Waals surface area contributed by atoms with Crippen molar-refractivity contribution in [2.45, 2.75) is 32.4 Å². The predicted octanol–water partition coefficient (Wildman–Crippen LogP) is 2.28. The van der Waals surface area contributed by atoms with Gasteiger partial charge in [-0.05, 0) is 13.3 Å². The van der Waals surface area contributed by atoms with Gasteiger partial charge in [0.2, 0.25) is 0 Å². The summed E-state index contributed by atoms with van der Waals surface area (Å²) in [6, 6.07) is 7.11. The summed E-state index contributed by atoms with van der Waals surface area (Å²) >= 11 is 0. The van der Waals surface area contributed by atoms with E-state index in [1.54, 1.807) is 14.2 Å². The number of rotatable bonds is 4. The van der Waals surface area contributed by atoms with Crippen LogP contribution in [0.3, 0.4) is 0 Å². The Bertz CT molecular complexity index is 400. The van der Waals surface area contributed by atoms with Crippen molar-refractivity contribution in [3.63, 3.8) is 0 Å². The van der Waals surface area contributed by atoms with Crippen molar-refractivity contribution < 1.29 is 9.47 Å². The summed E-state index contributed by atoms with van der Waals surface area (Å²) < 4.78 is 10.7.